The lowest BCUT2D eigenvalue weighted by molar-refractivity contribution is -0.119. The number of hydrogen-bond donors (Lipinski definition) is 0. The molecular weight excluding hydrogens is 218 g/mol. The zero-order valence-corrected chi connectivity index (χ0v) is 10.9. The second-order valence-corrected chi connectivity index (χ2v) is 6.18. The van der Waals surface area contributed by atoms with Gasteiger partial charge < -0.3 is 9.64 Å². The van der Waals surface area contributed by atoms with Gasteiger partial charge in [0.2, 0.25) is 0 Å². The highest BCUT2D eigenvalue weighted by atomic mass is 16.6. The average molecular weight is 239 g/mol. The molecule has 4 nitrogen and oxygen atoms in total. The summed E-state index contributed by atoms with van der Waals surface area (Å²) >= 11 is 0. The summed E-state index contributed by atoms with van der Waals surface area (Å²) in [6.45, 7) is 6.29. The first-order valence-electron chi connectivity index (χ1n) is 6.36. The quantitative estimate of drug-likeness (QED) is 0.652. The Kier molecular flexibility index (Phi) is 3.15. The molecule has 2 aliphatic heterocycles. The van der Waals surface area contributed by atoms with E-state index in [-0.39, 0.29) is 12.1 Å². The van der Waals surface area contributed by atoms with Gasteiger partial charge in [0.1, 0.15) is 11.4 Å². The van der Waals surface area contributed by atoms with Crippen molar-refractivity contribution in [2.75, 3.05) is 6.54 Å². The Labute approximate surface area is 102 Å². The molecule has 2 unspecified atom stereocenters. The second kappa shape index (κ2) is 4.31. The first kappa shape index (κ1) is 12.4. The highest BCUT2D eigenvalue weighted by molar-refractivity contribution is 5.81. The van der Waals surface area contributed by atoms with Gasteiger partial charge in [-0.2, -0.15) is 0 Å². The molecule has 0 spiro atoms. The van der Waals surface area contributed by atoms with Crippen LogP contribution in [0.4, 0.5) is 4.79 Å². The minimum absolute atomic E-state index is 0.0658. The Morgan fingerprint density at radius 2 is 2.00 bits per heavy atom. The van der Waals surface area contributed by atoms with Gasteiger partial charge in [-0.25, -0.2) is 4.79 Å². The number of nitrogens with zero attached hydrogens (tertiary/aromatic N) is 1. The maximum absolute atomic E-state index is 12.1. The van der Waals surface area contributed by atoms with Crippen molar-refractivity contribution < 1.29 is 14.3 Å². The molecule has 3 fully saturated rings. The summed E-state index contributed by atoms with van der Waals surface area (Å²) in [6.07, 6.45) is 2.89. The molecule has 1 amide bonds. The van der Waals surface area contributed by atoms with E-state index in [1.165, 1.54) is 0 Å². The molecule has 3 rings (SSSR count). The zero-order valence-electron chi connectivity index (χ0n) is 10.9. The van der Waals surface area contributed by atoms with Crippen molar-refractivity contribution >= 4 is 11.9 Å². The van der Waals surface area contributed by atoms with Gasteiger partial charge >= 0.3 is 6.09 Å². The molecule has 0 aromatic heterocycles. The predicted molar refractivity (Wildman–Crippen MR) is 63.7 cm³/mol. The van der Waals surface area contributed by atoms with E-state index >= 15 is 0 Å². The predicted octanol–water partition coefficient (Wildman–Crippen LogP) is 2.37. The number of ether oxygens (including phenoxy) is 1. The number of amides is 1. The van der Waals surface area contributed by atoms with Crippen molar-refractivity contribution in [1.29, 1.82) is 0 Å². The zero-order chi connectivity index (χ0) is 12.6. The van der Waals surface area contributed by atoms with Crippen LogP contribution in [-0.2, 0) is 9.53 Å². The third-order valence-electron chi connectivity index (χ3n) is 3.41. The molecule has 0 N–H and O–H groups in total. The Morgan fingerprint density at radius 1 is 1.29 bits per heavy atom. The fourth-order valence-electron chi connectivity index (χ4n) is 2.69. The molecule has 1 saturated carbocycles. The van der Waals surface area contributed by atoms with Crippen LogP contribution in [0.1, 0.15) is 46.5 Å². The topological polar surface area (TPSA) is 46.6 Å². The lowest BCUT2D eigenvalue weighted by Gasteiger charge is -2.37. The molecule has 2 bridgehead atoms. The van der Waals surface area contributed by atoms with E-state index in [0.29, 0.717) is 31.1 Å². The summed E-state index contributed by atoms with van der Waals surface area (Å²) in [5.41, 5.74) is -0.466. The van der Waals surface area contributed by atoms with E-state index in [1.807, 2.05) is 20.8 Å². The van der Waals surface area contributed by atoms with E-state index in [1.54, 1.807) is 4.90 Å². The van der Waals surface area contributed by atoms with Crippen LogP contribution in [-0.4, -0.2) is 35.0 Å². The van der Waals surface area contributed by atoms with Gasteiger partial charge in [0.25, 0.3) is 0 Å². The molecule has 2 heterocycles. The van der Waals surface area contributed by atoms with Crippen molar-refractivity contribution in [3.8, 4) is 0 Å². The number of ketones is 1. The third-order valence-corrected chi connectivity index (χ3v) is 3.41. The van der Waals surface area contributed by atoms with Crippen molar-refractivity contribution in [1.82, 2.24) is 4.90 Å². The number of fused-ring (bicyclic) bond motifs is 4. The summed E-state index contributed by atoms with van der Waals surface area (Å²) in [4.78, 5) is 25.4. The number of Topliss-reactive ketones (excluding diaryl/α,β-unsaturated/α-hetero) is 1. The van der Waals surface area contributed by atoms with Crippen molar-refractivity contribution in [2.45, 2.75) is 58.1 Å². The lowest BCUT2D eigenvalue weighted by atomic mass is 9.95. The highest BCUT2D eigenvalue weighted by Gasteiger charge is 2.38. The smallest absolute Gasteiger partial charge is 0.410 e. The maximum atomic E-state index is 12.1. The second-order valence-electron chi connectivity index (χ2n) is 6.18. The van der Waals surface area contributed by atoms with Gasteiger partial charge in [-0.15, -0.1) is 0 Å². The molecule has 0 aromatic carbocycles. The largest absolute Gasteiger partial charge is 0.444 e. The van der Waals surface area contributed by atoms with E-state index in [4.69, 9.17) is 4.74 Å². The fourth-order valence-corrected chi connectivity index (χ4v) is 2.69. The number of rotatable bonds is 0. The molecule has 4 heteroatoms. The fraction of sp³-hybridized carbons (Fsp3) is 0.846. The van der Waals surface area contributed by atoms with Crippen molar-refractivity contribution in [3.05, 3.63) is 0 Å². The van der Waals surface area contributed by atoms with Crippen LogP contribution in [0.15, 0.2) is 0 Å². The van der Waals surface area contributed by atoms with Crippen LogP contribution in [0, 0.1) is 5.92 Å². The Morgan fingerprint density at radius 3 is 2.65 bits per heavy atom. The number of carbonyl (C=O) groups excluding carboxylic acids is 2. The molecule has 0 radical (unpaired) electrons. The van der Waals surface area contributed by atoms with Crippen LogP contribution in [0.2, 0.25) is 0 Å². The first-order valence-corrected chi connectivity index (χ1v) is 6.36. The lowest BCUT2D eigenvalue weighted by Crippen LogP contribution is -2.47. The summed E-state index contributed by atoms with van der Waals surface area (Å²) in [5, 5.41) is 0. The summed E-state index contributed by atoms with van der Waals surface area (Å²) in [7, 11) is 0. The van der Waals surface area contributed by atoms with Crippen molar-refractivity contribution in [2.24, 2.45) is 5.92 Å². The van der Waals surface area contributed by atoms with Gasteiger partial charge in [0.05, 0.1) is 0 Å². The van der Waals surface area contributed by atoms with Gasteiger partial charge in [0, 0.05) is 25.4 Å². The highest BCUT2D eigenvalue weighted by Crippen LogP contribution is 2.32. The van der Waals surface area contributed by atoms with Gasteiger partial charge in [-0.3, -0.25) is 4.79 Å². The van der Waals surface area contributed by atoms with Crippen LogP contribution in [0.25, 0.3) is 0 Å². The Bertz CT molecular complexity index is 332. The SMILES string of the molecule is CC(C)(C)OC(=O)N1CC2CCC1CC(=O)C2. The van der Waals surface area contributed by atoms with Gasteiger partial charge in [-0.1, -0.05) is 0 Å². The Balaban J connectivity index is 2.07. The normalized spacial score (nSPS) is 29.1. The third kappa shape index (κ3) is 2.99. The molecule has 17 heavy (non-hydrogen) atoms. The van der Waals surface area contributed by atoms with Crippen molar-refractivity contribution in [3.63, 3.8) is 0 Å². The van der Waals surface area contributed by atoms with E-state index in [0.717, 1.165) is 12.8 Å². The molecule has 0 aromatic rings. The monoisotopic (exact) mass is 239 g/mol. The van der Waals surface area contributed by atoms with Crippen LogP contribution in [0.3, 0.4) is 0 Å². The van der Waals surface area contributed by atoms with Gasteiger partial charge in [0.15, 0.2) is 0 Å². The van der Waals surface area contributed by atoms with E-state index < -0.39 is 5.60 Å². The molecule has 2 atom stereocenters. The number of hydrogen-bond acceptors (Lipinski definition) is 3. The summed E-state index contributed by atoms with van der Waals surface area (Å²) in [5.74, 6) is 0.636. The minimum atomic E-state index is -0.466. The maximum Gasteiger partial charge on any atom is 0.410 e. The molecule has 2 saturated heterocycles. The summed E-state index contributed by atoms with van der Waals surface area (Å²) < 4.78 is 5.40. The molecule has 3 aliphatic rings. The molecule has 1 aliphatic carbocycles. The van der Waals surface area contributed by atoms with Gasteiger partial charge in [-0.05, 0) is 39.5 Å². The minimum Gasteiger partial charge on any atom is -0.444 e. The number of carbonyl (C=O) groups is 2. The average Bonchev–Trinajstić information content (AvgIpc) is 2.43. The number of piperidine rings is 1. The Hall–Kier alpha value is -1.06. The first-order chi connectivity index (χ1) is 7.85. The van der Waals surface area contributed by atoms with E-state index in [9.17, 15) is 9.59 Å². The van der Waals surface area contributed by atoms with Crippen LogP contribution in [0.5, 0.6) is 0 Å². The standard InChI is InChI=1S/C13H21NO3/c1-13(2,3)17-12(16)14-8-9-4-5-10(14)7-11(15)6-9/h9-10H,4-8H2,1-3H3. The van der Waals surface area contributed by atoms with Crippen LogP contribution >= 0.6 is 0 Å². The summed E-state index contributed by atoms with van der Waals surface area (Å²) in [6, 6.07) is 0.0658. The van der Waals surface area contributed by atoms with E-state index in [2.05, 4.69) is 0 Å². The molecule has 96 valence electrons. The molecular formula is C13H21NO3. The van der Waals surface area contributed by atoms with Crippen LogP contribution < -0.4 is 0 Å².